The van der Waals surface area contributed by atoms with Gasteiger partial charge in [0.25, 0.3) is 0 Å². The van der Waals surface area contributed by atoms with Crippen molar-refractivity contribution in [3.05, 3.63) is 64.2 Å². The molecule has 32 heavy (non-hydrogen) atoms. The summed E-state index contributed by atoms with van der Waals surface area (Å²) in [6.45, 7) is 3.08. The van der Waals surface area contributed by atoms with E-state index in [1.165, 1.54) is 73.0 Å². The van der Waals surface area contributed by atoms with Crippen molar-refractivity contribution in [1.29, 1.82) is 0 Å². The number of ether oxygens (including phenoxy) is 2. The van der Waals surface area contributed by atoms with Gasteiger partial charge in [-0.05, 0) is 84.9 Å². The Kier molecular flexibility index (Phi) is 6.09. The Labute approximate surface area is 191 Å². The molecule has 3 aliphatic carbocycles. The molecule has 1 saturated carbocycles. The fourth-order valence-electron chi connectivity index (χ4n) is 6.23. The Morgan fingerprint density at radius 2 is 1.81 bits per heavy atom. The van der Waals surface area contributed by atoms with Crippen molar-refractivity contribution in [2.24, 2.45) is 11.3 Å². The summed E-state index contributed by atoms with van der Waals surface area (Å²) < 4.78 is 10.5. The van der Waals surface area contributed by atoms with Gasteiger partial charge in [0.1, 0.15) is 18.6 Å². The molecule has 4 aliphatic rings. The topological polar surface area (TPSA) is 38.8 Å². The molecule has 2 aromatic rings. The minimum atomic E-state index is 0.322. The Balaban J connectivity index is 0.000000684. The third kappa shape index (κ3) is 4.11. The molecule has 6 rings (SSSR count). The molecule has 1 aliphatic heterocycles. The summed E-state index contributed by atoms with van der Waals surface area (Å²) in [7, 11) is 3.25. The maximum absolute atomic E-state index is 10.9. The standard InChI is InChI=1S/C26H29NO2.C2H6O/c28-14-18-9-23(10-18)27-16-26(17-27)12-20-7-8-24(11-22(20)13-26)29-15-21-5-1-3-19-4-2-6-25(19)21;1-3-2/h1,3,5,7-8,11,14,18,23H,2,4,6,9-10,12-13,15-17H2;1-2H3. The Morgan fingerprint density at radius 3 is 2.59 bits per heavy atom. The van der Waals surface area contributed by atoms with Crippen LogP contribution in [0.25, 0.3) is 0 Å². The molecule has 1 saturated heterocycles. The fraction of sp³-hybridized carbons (Fsp3) is 0.536. The van der Waals surface area contributed by atoms with E-state index in [1.54, 1.807) is 14.2 Å². The number of aryl methyl sites for hydroxylation is 1. The first-order valence-corrected chi connectivity index (χ1v) is 12.1. The van der Waals surface area contributed by atoms with Crippen molar-refractivity contribution in [3.63, 3.8) is 0 Å². The van der Waals surface area contributed by atoms with Crippen molar-refractivity contribution in [3.8, 4) is 5.75 Å². The van der Waals surface area contributed by atoms with Gasteiger partial charge < -0.3 is 14.3 Å². The number of hydrogen-bond acceptors (Lipinski definition) is 4. The van der Waals surface area contributed by atoms with Crippen molar-refractivity contribution < 1.29 is 14.3 Å². The second-order valence-electron chi connectivity index (χ2n) is 10.3. The summed E-state index contributed by atoms with van der Waals surface area (Å²) in [4.78, 5) is 13.5. The van der Waals surface area contributed by atoms with Crippen LogP contribution < -0.4 is 4.74 Å². The van der Waals surface area contributed by atoms with Crippen molar-refractivity contribution in [2.45, 2.75) is 57.6 Å². The maximum atomic E-state index is 10.9. The minimum Gasteiger partial charge on any atom is -0.489 e. The molecule has 2 aromatic carbocycles. The van der Waals surface area contributed by atoms with E-state index in [0.717, 1.165) is 24.9 Å². The first-order valence-electron chi connectivity index (χ1n) is 12.1. The highest BCUT2D eigenvalue weighted by Crippen LogP contribution is 2.48. The van der Waals surface area contributed by atoms with E-state index in [-0.39, 0.29) is 0 Å². The quantitative estimate of drug-likeness (QED) is 0.656. The molecule has 0 atom stereocenters. The van der Waals surface area contributed by atoms with Gasteiger partial charge in [-0.3, -0.25) is 4.90 Å². The number of carbonyl (C=O) groups is 1. The lowest BCUT2D eigenvalue weighted by molar-refractivity contribution is -0.119. The lowest BCUT2D eigenvalue weighted by atomic mass is 9.71. The number of rotatable bonds is 5. The first-order chi connectivity index (χ1) is 15.6. The highest BCUT2D eigenvalue weighted by Gasteiger charge is 2.50. The van der Waals surface area contributed by atoms with Crippen molar-refractivity contribution in [2.75, 3.05) is 27.3 Å². The smallest absolute Gasteiger partial charge is 0.123 e. The molecule has 1 spiro atoms. The number of likely N-dealkylation sites (tertiary alicyclic amines) is 1. The summed E-state index contributed by atoms with van der Waals surface area (Å²) in [5.74, 6) is 1.34. The van der Waals surface area contributed by atoms with Gasteiger partial charge in [-0.15, -0.1) is 0 Å². The van der Waals surface area contributed by atoms with E-state index in [0.29, 0.717) is 24.0 Å². The number of nitrogens with zero attached hydrogens (tertiary/aromatic N) is 1. The largest absolute Gasteiger partial charge is 0.489 e. The van der Waals surface area contributed by atoms with Crippen LogP contribution in [-0.2, 0) is 41.8 Å². The summed E-state index contributed by atoms with van der Waals surface area (Å²) in [6, 6.07) is 14.1. The number of aldehydes is 1. The number of methoxy groups -OCH3 is 1. The lowest BCUT2D eigenvalue weighted by Gasteiger charge is -2.55. The van der Waals surface area contributed by atoms with E-state index >= 15 is 0 Å². The lowest BCUT2D eigenvalue weighted by Crippen LogP contribution is -2.63. The van der Waals surface area contributed by atoms with Crippen LogP contribution in [0.15, 0.2) is 36.4 Å². The van der Waals surface area contributed by atoms with Crippen LogP contribution in [0.5, 0.6) is 5.75 Å². The number of carbonyl (C=O) groups excluding carboxylic acids is 1. The van der Waals surface area contributed by atoms with Gasteiger partial charge in [0, 0.05) is 44.7 Å². The van der Waals surface area contributed by atoms with Gasteiger partial charge in [0.15, 0.2) is 0 Å². The summed E-state index contributed by atoms with van der Waals surface area (Å²) in [6.07, 6.45) is 9.38. The van der Waals surface area contributed by atoms with Crippen LogP contribution in [0.1, 0.15) is 47.1 Å². The summed E-state index contributed by atoms with van der Waals surface area (Å²) in [5, 5.41) is 0. The van der Waals surface area contributed by atoms with Crippen LogP contribution in [0, 0.1) is 11.3 Å². The van der Waals surface area contributed by atoms with Crippen LogP contribution in [-0.4, -0.2) is 44.5 Å². The predicted octanol–water partition coefficient (Wildman–Crippen LogP) is 4.40. The van der Waals surface area contributed by atoms with E-state index in [2.05, 4.69) is 46.0 Å². The van der Waals surface area contributed by atoms with Crippen molar-refractivity contribution in [1.82, 2.24) is 4.90 Å². The van der Waals surface area contributed by atoms with Gasteiger partial charge in [0.2, 0.25) is 0 Å². The average molecular weight is 434 g/mol. The normalized spacial score (nSPS) is 24.6. The Hall–Kier alpha value is -2.17. The Bertz CT molecular complexity index is 973. The fourth-order valence-corrected chi connectivity index (χ4v) is 6.23. The molecule has 1 heterocycles. The Morgan fingerprint density at radius 1 is 1.03 bits per heavy atom. The van der Waals surface area contributed by atoms with Gasteiger partial charge in [-0.25, -0.2) is 0 Å². The van der Waals surface area contributed by atoms with Gasteiger partial charge in [-0.1, -0.05) is 24.3 Å². The van der Waals surface area contributed by atoms with Crippen LogP contribution >= 0.6 is 0 Å². The number of fused-ring (bicyclic) bond motifs is 2. The molecule has 2 fully saturated rings. The molecule has 170 valence electrons. The molecule has 0 unspecified atom stereocenters. The monoisotopic (exact) mass is 433 g/mol. The molecular weight excluding hydrogens is 398 g/mol. The third-order valence-electron chi connectivity index (χ3n) is 7.88. The van der Waals surface area contributed by atoms with E-state index < -0.39 is 0 Å². The van der Waals surface area contributed by atoms with Gasteiger partial charge >= 0.3 is 0 Å². The number of hydrogen-bond donors (Lipinski definition) is 0. The maximum Gasteiger partial charge on any atom is 0.123 e. The SMILES string of the molecule is COC.O=CC1CC(N2CC3(Cc4ccc(OCc5cccc6c5CCC6)cc4C3)C2)C1. The van der Waals surface area contributed by atoms with E-state index in [1.807, 2.05) is 0 Å². The van der Waals surface area contributed by atoms with Crippen LogP contribution in [0.2, 0.25) is 0 Å². The first kappa shape index (κ1) is 21.7. The van der Waals surface area contributed by atoms with Gasteiger partial charge in [0.05, 0.1) is 0 Å². The van der Waals surface area contributed by atoms with E-state index in [9.17, 15) is 4.79 Å². The highest BCUT2D eigenvalue weighted by molar-refractivity contribution is 5.55. The molecule has 4 nitrogen and oxygen atoms in total. The minimum absolute atomic E-state index is 0.322. The third-order valence-corrected chi connectivity index (χ3v) is 7.88. The molecule has 0 bridgehead atoms. The molecule has 0 radical (unpaired) electrons. The number of benzene rings is 2. The molecular formula is C28H35NO3. The van der Waals surface area contributed by atoms with E-state index in [4.69, 9.17) is 4.74 Å². The zero-order valence-electron chi connectivity index (χ0n) is 19.4. The average Bonchev–Trinajstić information content (AvgIpc) is 3.36. The molecule has 0 N–H and O–H groups in total. The molecule has 0 aromatic heterocycles. The van der Waals surface area contributed by atoms with Crippen LogP contribution in [0.3, 0.4) is 0 Å². The zero-order valence-corrected chi connectivity index (χ0v) is 19.4. The summed E-state index contributed by atoms with van der Waals surface area (Å²) >= 11 is 0. The second-order valence-corrected chi connectivity index (χ2v) is 10.3. The summed E-state index contributed by atoms with van der Waals surface area (Å²) in [5.41, 5.74) is 7.84. The highest BCUT2D eigenvalue weighted by atomic mass is 16.5. The molecule has 4 heteroatoms. The van der Waals surface area contributed by atoms with Crippen LogP contribution in [0.4, 0.5) is 0 Å². The zero-order chi connectivity index (χ0) is 22.1. The predicted molar refractivity (Wildman–Crippen MR) is 126 cm³/mol. The van der Waals surface area contributed by atoms with Gasteiger partial charge in [-0.2, -0.15) is 0 Å². The molecule has 0 amide bonds. The second kappa shape index (κ2) is 8.99. The van der Waals surface area contributed by atoms with Crippen molar-refractivity contribution >= 4 is 6.29 Å².